The lowest BCUT2D eigenvalue weighted by Crippen LogP contribution is -2.07. The molecule has 0 aliphatic carbocycles. The number of hydrogen-bond acceptors (Lipinski definition) is 2. The first-order valence-electron chi connectivity index (χ1n) is 5.33. The van der Waals surface area contributed by atoms with E-state index in [0.29, 0.717) is 10.7 Å². The fourth-order valence-corrected chi connectivity index (χ4v) is 1.77. The predicted octanol–water partition coefficient (Wildman–Crippen LogP) is 4.59. The molecule has 1 N–H and O–H groups in total. The molecule has 0 spiro atoms. The zero-order chi connectivity index (χ0) is 12.6. The van der Waals surface area contributed by atoms with E-state index in [2.05, 4.69) is 5.32 Å². The first kappa shape index (κ1) is 15.6. The fourth-order valence-electron chi connectivity index (χ4n) is 1.20. The third kappa shape index (κ3) is 5.08. The van der Waals surface area contributed by atoms with Gasteiger partial charge in [-0.2, -0.15) is 11.8 Å². The summed E-state index contributed by atoms with van der Waals surface area (Å²) in [7, 11) is 0. The van der Waals surface area contributed by atoms with Crippen LogP contribution in [0.4, 0.5) is 10.1 Å². The van der Waals surface area contributed by atoms with Gasteiger partial charge in [0.15, 0.2) is 0 Å². The van der Waals surface area contributed by atoms with Crippen molar-refractivity contribution in [2.45, 2.75) is 20.8 Å². The first-order valence-corrected chi connectivity index (χ1v) is 7.10. The van der Waals surface area contributed by atoms with Gasteiger partial charge < -0.3 is 5.32 Å². The molecule has 92 valence electrons. The van der Waals surface area contributed by atoms with Crippen molar-refractivity contribution in [1.82, 2.24) is 0 Å². The summed E-state index contributed by atoms with van der Waals surface area (Å²) in [5.41, 5.74) is 1.40. The summed E-state index contributed by atoms with van der Waals surface area (Å²) >= 11 is 7.44. The molecule has 0 atom stereocenters. The van der Waals surface area contributed by atoms with E-state index in [1.807, 2.05) is 27.0 Å². The van der Waals surface area contributed by atoms with Crippen LogP contribution in [-0.4, -0.2) is 18.6 Å². The quantitative estimate of drug-likeness (QED) is 0.798. The zero-order valence-electron chi connectivity index (χ0n) is 10.2. The Morgan fingerprint density at radius 2 is 2.00 bits per heavy atom. The van der Waals surface area contributed by atoms with Crippen molar-refractivity contribution < 1.29 is 4.39 Å². The summed E-state index contributed by atoms with van der Waals surface area (Å²) in [6.45, 7) is 6.61. The largest absolute Gasteiger partial charge is 0.382 e. The van der Waals surface area contributed by atoms with E-state index in [1.54, 1.807) is 17.8 Å². The van der Waals surface area contributed by atoms with E-state index in [-0.39, 0.29) is 5.82 Å². The van der Waals surface area contributed by atoms with Crippen molar-refractivity contribution in [2.75, 3.05) is 23.9 Å². The summed E-state index contributed by atoms with van der Waals surface area (Å²) in [6.07, 6.45) is 2.02. The average molecular weight is 264 g/mol. The molecule has 16 heavy (non-hydrogen) atoms. The third-order valence-electron chi connectivity index (χ3n) is 1.86. The summed E-state index contributed by atoms with van der Waals surface area (Å²) in [5.74, 6) is 0.678. The topological polar surface area (TPSA) is 12.0 Å². The summed E-state index contributed by atoms with van der Waals surface area (Å²) in [5, 5.41) is 3.50. The van der Waals surface area contributed by atoms with E-state index in [0.717, 1.165) is 17.9 Å². The smallest absolute Gasteiger partial charge is 0.148 e. The number of hydrogen-bond donors (Lipinski definition) is 1. The van der Waals surface area contributed by atoms with Crippen molar-refractivity contribution in [2.24, 2.45) is 0 Å². The Morgan fingerprint density at radius 1 is 1.38 bits per heavy atom. The lowest BCUT2D eigenvalue weighted by atomic mass is 10.2. The Kier molecular flexibility index (Phi) is 8.49. The molecular formula is C12H19ClFNS. The monoisotopic (exact) mass is 263 g/mol. The van der Waals surface area contributed by atoms with Gasteiger partial charge in [0.25, 0.3) is 0 Å². The minimum Gasteiger partial charge on any atom is -0.382 e. The molecule has 0 saturated heterocycles. The summed E-state index contributed by atoms with van der Waals surface area (Å²) < 4.78 is 13.4. The molecule has 0 amide bonds. The second kappa shape index (κ2) is 8.71. The van der Waals surface area contributed by atoms with Crippen LogP contribution in [0.15, 0.2) is 12.1 Å². The van der Waals surface area contributed by atoms with Crippen LogP contribution in [0.2, 0.25) is 5.02 Å². The van der Waals surface area contributed by atoms with Crippen LogP contribution in [0, 0.1) is 12.7 Å². The predicted molar refractivity (Wildman–Crippen MR) is 74.4 cm³/mol. The number of thioether (sulfide) groups is 1. The number of nitrogens with one attached hydrogen (secondary N) is 1. The van der Waals surface area contributed by atoms with Crippen molar-refractivity contribution in [1.29, 1.82) is 0 Å². The van der Waals surface area contributed by atoms with Crippen molar-refractivity contribution >= 4 is 29.1 Å². The van der Waals surface area contributed by atoms with E-state index in [4.69, 9.17) is 11.6 Å². The number of aryl methyl sites for hydroxylation is 1. The van der Waals surface area contributed by atoms with Gasteiger partial charge in [-0.15, -0.1) is 0 Å². The van der Waals surface area contributed by atoms with Gasteiger partial charge in [0.05, 0.1) is 5.69 Å². The van der Waals surface area contributed by atoms with E-state index >= 15 is 0 Å². The average Bonchev–Trinajstić information content (AvgIpc) is 2.25. The first-order chi connectivity index (χ1) is 7.65. The summed E-state index contributed by atoms with van der Waals surface area (Å²) in [6, 6.07) is 3.09. The van der Waals surface area contributed by atoms with Crippen LogP contribution in [0.1, 0.15) is 19.4 Å². The molecule has 0 saturated carbocycles. The number of benzene rings is 1. The Labute approximate surface area is 107 Å². The number of halogens is 2. The summed E-state index contributed by atoms with van der Waals surface area (Å²) in [4.78, 5) is 0. The highest BCUT2D eigenvalue weighted by Crippen LogP contribution is 2.23. The number of anilines is 1. The second-order valence-electron chi connectivity index (χ2n) is 3.00. The van der Waals surface area contributed by atoms with Gasteiger partial charge >= 0.3 is 0 Å². The molecule has 1 aromatic carbocycles. The standard InChI is InChI=1S/C10H13ClFNS.C2H6/c1-7-5-8(11)6-9(12)10(7)13-3-4-14-2;1-2/h5-6,13H,3-4H2,1-2H3;1-2H3. The van der Waals surface area contributed by atoms with Gasteiger partial charge in [-0.05, 0) is 30.9 Å². The second-order valence-corrected chi connectivity index (χ2v) is 4.42. The molecule has 1 rings (SSSR count). The highest BCUT2D eigenvalue weighted by molar-refractivity contribution is 7.98. The number of rotatable bonds is 4. The molecule has 0 aliphatic rings. The Balaban J connectivity index is 0.00000106. The minimum absolute atomic E-state index is 0.281. The van der Waals surface area contributed by atoms with Crippen molar-refractivity contribution in [3.05, 3.63) is 28.5 Å². The molecule has 0 aliphatic heterocycles. The molecule has 0 bridgehead atoms. The Hall–Kier alpha value is -0.410. The maximum absolute atomic E-state index is 13.4. The normalized spacial score (nSPS) is 9.38. The lowest BCUT2D eigenvalue weighted by molar-refractivity contribution is 0.629. The molecule has 4 heteroatoms. The van der Waals surface area contributed by atoms with Crippen LogP contribution >= 0.6 is 23.4 Å². The third-order valence-corrected chi connectivity index (χ3v) is 2.69. The van der Waals surface area contributed by atoms with Crippen molar-refractivity contribution in [3.63, 3.8) is 0 Å². The van der Waals surface area contributed by atoms with Gasteiger partial charge in [-0.3, -0.25) is 0 Å². The van der Waals surface area contributed by atoms with Gasteiger partial charge in [0.1, 0.15) is 5.82 Å². The van der Waals surface area contributed by atoms with E-state index in [1.165, 1.54) is 6.07 Å². The molecule has 0 aromatic heterocycles. The van der Waals surface area contributed by atoms with Gasteiger partial charge in [-0.25, -0.2) is 4.39 Å². The molecule has 0 fully saturated rings. The maximum atomic E-state index is 13.4. The molecule has 0 heterocycles. The lowest BCUT2D eigenvalue weighted by Gasteiger charge is -2.10. The van der Waals surface area contributed by atoms with Crippen molar-refractivity contribution in [3.8, 4) is 0 Å². The van der Waals surface area contributed by atoms with Gasteiger partial charge in [0.2, 0.25) is 0 Å². The minimum atomic E-state index is -0.281. The molecule has 0 unspecified atom stereocenters. The highest BCUT2D eigenvalue weighted by atomic mass is 35.5. The highest BCUT2D eigenvalue weighted by Gasteiger charge is 2.06. The van der Waals surface area contributed by atoms with E-state index < -0.39 is 0 Å². The van der Waals surface area contributed by atoms with Crippen LogP contribution in [-0.2, 0) is 0 Å². The fraction of sp³-hybridized carbons (Fsp3) is 0.500. The molecular weight excluding hydrogens is 245 g/mol. The molecule has 1 aromatic rings. The van der Waals surface area contributed by atoms with Gasteiger partial charge in [-0.1, -0.05) is 25.4 Å². The van der Waals surface area contributed by atoms with Crippen LogP contribution in [0.5, 0.6) is 0 Å². The van der Waals surface area contributed by atoms with E-state index in [9.17, 15) is 4.39 Å². The SMILES string of the molecule is CC.CSCCNc1c(C)cc(Cl)cc1F. The van der Waals surface area contributed by atoms with Crippen LogP contribution < -0.4 is 5.32 Å². The van der Waals surface area contributed by atoms with Crippen LogP contribution in [0.3, 0.4) is 0 Å². The maximum Gasteiger partial charge on any atom is 0.148 e. The van der Waals surface area contributed by atoms with Gasteiger partial charge in [0, 0.05) is 17.3 Å². The van der Waals surface area contributed by atoms with Crippen LogP contribution in [0.25, 0.3) is 0 Å². The molecule has 0 radical (unpaired) electrons. The zero-order valence-corrected chi connectivity index (χ0v) is 11.8. The Bertz CT molecular complexity index is 295. The Morgan fingerprint density at radius 3 is 2.50 bits per heavy atom. The molecule has 1 nitrogen and oxygen atoms in total.